The number of ether oxygens (including phenoxy) is 2. The standard InChI is InChI=1S/C34H24N4O2/c1-2-13-26(14-3-1)35-37-33-27-15-7-4-10-23(27)18-20-30(33)39-32-22-25-12-6-9-17-29(25)36-38-34-28-16-8-5-11-24(28)19-21-31(34)40-32/h1-21,32H,22H2. The van der Waals surface area contributed by atoms with Crippen LogP contribution in [0.15, 0.2) is 148 Å². The van der Waals surface area contributed by atoms with Crippen LogP contribution < -0.4 is 9.47 Å². The lowest BCUT2D eigenvalue weighted by Crippen LogP contribution is -2.26. The predicted octanol–water partition coefficient (Wildman–Crippen LogP) is 10.2. The molecule has 0 N–H and O–H groups in total. The molecule has 1 aliphatic heterocycles. The molecule has 1 atom stereocenters. The molecule has 1 heterocycles. The van der Waals surface area contributed by atoms with Crippen LogP contribution in [0.2, 0.25) is 0 Å². The normalized spacial score (nSPS) is 14.7. The Bertz CT molecular complexity index is 1900. The summed E-state index contributed by atoms with van der Waals surface area (Å²) >= 11 is 0. The zero-order valence-corrected chi connectivity index (χ0v) is 21.5. The molecule has 1 unspecified atom stereocenters. The lowest BCUT2D eigenvalue weighted by atomic mass is 10.1. The first-order valence-corrected chi connectivity index (χ1v) is 13.1. The summed E-state index contributed by atoms with van der Waals surface area (Å²) in [6.45, 7) is 0. The highest BCUT2D eigenvalue weighted by Gasteiger charge is 2.22. The molecule has 0 fully saturated rings. The van der Waals surface area contributed by atoms with Crippen molar-refractivity contribution in [1.29, 1.82) is 0 Å². The van der Waals surface area contributed by atoms with E-state index in [1.165, 1.54) is 0 Å². The molecule has 6 nitrogen and oxygen atoms in total. The fourth-order valence-corrected chi connectivity index (χ4v) is 4.92. The minimum absolute atomic E-state index is 0.462. The van der Waals surface area contributed by atoms with Gasteiger partial charge in [0.15, 0.2) is 11.5 Å². The number of rotatable bonds is 4. The summed E-state index contributed by atoms with van der Waals surface area (Å²) in [7, 11) is 0. The topological polar surface area (TPSA) is 67.9 Å². The van der Waals surface area contributed by atoms with E-state index in [0.717, 1.165) is 38.5 Å². The molecule has 6 aromatic carbocycles. The molecule has 0 aromatic heterocycles. The Hall–Kier alpha value is -5.36. The second-order valence-electron chi connectivity index (χ2n) is 9.50. The summed E-state index contributed by atoms with van der Waals surface area (Å²) in [5, 5.41) is 22.5. The van der Waals surface area contributed by atoms with Gasteiger partial charge >= 0.3 is 0 Å². The molecule has 0 aliphatic carbocycles. The van der Waals surface area contributed by atoms with Crippen molar-refractivity contribution in [3.8, 4) is 11.5 Å². The van der Waals surface area contributed by atoms with Crippen molar-refractivity contribution >= 4 is 44.3 Å². The van der Waals surface area contributed by atoms with E-state index in [-0.39, 0.29) is 0 Å². The molecule has 6 aromatic rings. The number of benzene rings is 6. The summed E-state index contributed by atoms with van der Waals surface area (Å²) in [5.41, 5.74) is 3.83. The molecule has 0 bridgehead atoms. The lowest BCUT2D eigenvalue weighted by molar-refractivity contribution is 0.00794. The molecule has 192 valence electrons. The summed E-state index contributed by atoms with van der Waals surface area (Å²) in [6, 6.07) is 41.7. The van der Waals surface area contributed by atoms with E-state index in [4.69, 9.17) is 9.47 Å². The van der Waals surface area contributed by atoms with Crippen LogP contribution in [0.4, 0.5) is 22.7 Å². The molecule has 1 aliphatic rings. The van der Waals surface area contributed by atoms with Crippen LogP contribution in [0, 0.1) is 0 Å². The van der Waals surface area contributed by atoms with Crippen molar-refractivity contribution in [3.63, 3.8) is 0 Å². The van der Waals surface area contributed by atoms with Gasteiger partial charge in [0, 0.05) is 17.2 Å². The Morgan fingerprint density at radius 2 is 1.32 bits per heavy atom. The number of fused-ring (bicyclic) bond motifs is 5. The van der Waals surface area contributed by atoms with Crippen LogP contribution >= 0.6 is 0 Å². The van der Waals surface area contributed by atoms with E-state index in [1.807, 2.05) is 115 Å². The van der Waals surface area contributed by atoms with Crippen molar-refractivity contribution in [2.75, 3.05) is 0 Å². The van der Waals surface area contributed by atoms with E-state index >= 15 is 0 Å². The largest absolute Gasteiger partial charge is 0.452 e. The minimum atomic E-state index is -0.670. The zero-order valence-electron chi connectivity index (χ0n) is 21.5. The quantitative estimate of drug-likeness (QED) is 0.217. The van der Waals surface area contributed by atoms with Gasteiger partial charge in [-0.2, -0.15) is 10.2 Å². The van der Waals surface area contributed by atoms with Gasteiger partial charge in [0.25, 0.3) is 0 Å². The second kappa shape index (κ2) is 10.4. The highest BCUT2D eigenvalue weighted by Crippen LogP contribution is 2.42. The van der Waals surface area contributed by atoms with Gasteiger partial charge < -0.3 is 9.47 Å². The summed E-state index contributed by atoms with van der Waals surface area (Å²) in [6.07, 6.45) is -0.208. The SMILES string of the molecule is c1ccc(N=Nc2c(OC3Cc4ccccc4N=Nc4c(ccc5ccccc45)O3)ccc3ccccc23)cc1. The highest BCUT2D eigenvalue weighted by atomic mass is 16.7. The maximum Gasteiger partial charge on any atom is 0.245 e. The zero-order chi connectivity index (χ0) is 26.7. The summed E-state index contributed by atoms with van der Waals surface area (Å²) in [5.74, 6) is 1.19. The van der Waals surface area contributed by atoms with Crippen LogP contribution in [0.1, 0.15) is 5.56 Å². The second-order valence-corrected chi connectivity index (χ2v) is 9.50. The first-order valence-electron chi connectivity index (χ1n) is 13.1. The molecular formula is C34H24N4O2. The Balaban J connectivity index is 1.34. The molecule has 0 radical (unpaired) electrons. The number of nitrogens with zero attached hydrogens (tertiary/aromatic N) is 4. The molecule has 0 amide bonds. The molecule has 6 heteroatoms. The van der Waals surface area contributed by atoms with Crippen LogP contribution in [-0.4, -0.2) is 6.29 Å². The van der Waals surface area contributed by atoms with Crippen molar-refractivity contribution < 1.29 is 9.47 Å². The van der Waals surface area contributed by atoms with E-state index in [9.17, 15) is 0 Å². The molecular weight excluding hydrogens is 496 g/mol. The number of azo groups is 2. The van der Waals surface area contributed by atoms with Crippen molar-refractivity contribution in [3.05, 3.63) is 133 Å². The van der Waals surface area contributed by atoms with Gasteiger partial charge in [-0.15, -0.1) is 10.2 Å². The van der Waals surface area contributed by atoms with Crippen LogP contribution in [0.3, 0.4) is 0 Å². The van der Waals surface area contributed by atoms with Crippen molar-refractivity contribution in [2.24, 2.45) is 20.5 Å². The average molecular weight is 521 g/mol. The third-order valence-corrected chi connectivity index (χ3v) is 6.90. The minimum Gasteiger partial charge on any atom is -0.452 e. The fourth-order valence-electron chi connectivity index (χ4n) is 4.92. The molecule has 0 spiro atoms. The third kappa shape index (κ3) is 4.67. The van der Waals surface area contributed by atoms with Crippen LogP contribution in [-0.2, 0) is 6.42 Å². The first kappa shape index (κ1) is 23.7. The van der Waals surface area contributed by atoms with E-state index in [1.54, 1.807) is 0 Å². The maximum atomic E-state index is 6.64. The van der Waals surface area contributed by atoms with Gasteiger partial charge in [-0.25, -0.2) is 0 Å². The molecule has 0 saturated carbocycles. The van der Waals surface area contributed by atoms with Gasteiger partial charge in [-0.05, 0) is 46.7 Å². The van der Waals surface area contributed by atoms with E-state index < -0.39 is 6.29 Å². The maximum absolute atomic E-state index is 6.64. The molecule has 0 saturated heterocycles. The first-order chi connectivity index (χ1) is 19.8. The highest BCUT2D eigenvalue weighted by molar-refractivity contribution is 5.96. The monoisotopic (exact) mass is 520 g/mol. The van der Waals surface area contributed by atoms with Gasteiger partial charge in [0.2, 0.25) is 6.29 Å². The Morgan fingerprint density at radius 1 is 0.625 bits per heavy atom. The van der Waals surface area contributed by atoms with Crippen molar-refractivity contribution in [2.45, 2.75) is 12.7 Å². The van der Waals surface area contributed by atoms with Gasteiger partial charge in [-0.1, -0.05) is 97.1 Å². The third-order valence-electron chi connectivity index (χ3n) is 6.90. The smallest absolute Gasteiger partial charge is 0.245 e. The van der Waals surface area contributed by atoms with Gasteiger partial charge in [0.1, 0.15) is 11.4 Å². The molecule has 7 rings (SSSR count). The fraction of sp³-hybridized carbons (Fsp3) is 0.0588. The van der Waals surface area contributed by atoms with Crippen LogP contribution in [0.5, 0.6) is 11.5 Å². The Kier molecular flexibility index (Phi) is 6.18. The predicted molar refractivity (Wildman–Crippen MR) is 158 cm³/mol. The summed E-state index contributed by atoms with van der Waals surface area (Å²) in [4.78, 5) is 0. The Morgan fingerprint density at radius 3 is 2.20 bits per heavy atom. The van der Waals surface area contributed by atoms with Gasteiger partial charge in [0.05, 0.1) is 11.4 Å². The average Bonchev–Trinajstić information content (AvgIpc) is 3.08. The van der Waals surface area contributed by atoms with Gasteiger partial charge in [-0.3, -0.25) is 0 Å². The molecule has 40 heavy (non-hydrogen) atoms. The number of hydrogen-bond acceptors (Lipinski definition) is 6. The van der Waals surface area contributed by atoms with Crippen molar-refractivity contribution in [1.82, 2.24) is 0 Å². The summed E-state index contributed by atoms with van der Waals surface area (Å²) < 4.78 is 13.2. The van der Waals surface area contributed by atoms with E-state index in [2.05, 4.69) is 32.6 Å². The Labute approximate surface area is 231 Å². The van der Waals surface area contributed by atoms with E-state index in [0.29, 0.717) is 29.3 Å². The lowest BCUT2D eigenvalue weighted by Gasteiger charge is -2.22. The number of hydrogen-bond donors (Lipinski definition) is 0. The van der Waals surface area contributed by atoms with Crippen LogP contribution in [0.25, 0.3) is 21.5 Å².